The van der Waals surface area contributed by atoms with Crippen molar-refractivity contribution < 1.29 is 17.2 Å². The number of sulfone groups is 1. The van der Waals surface area contributed by atoms with Crippen molar-refractivity contribution >= 4 is 32.8 Å². The van der Waals surface area contributed by atoms with E-state index in [0.717, 1.165) is 24.5 Å². The molecule has 1 heterocycles. The molecule has 0 saturated carbocycles. The molecule has 4 aromatic rings. The highest BCUT2D eigenvalue weighted by Crippen LogP contribution is 2.44. The van der Waals surface area contributed by atoms with Gasteiger partial charge >= 0.3 is 0 Å². The number of rotatable bonds is 4. The number of hydrogen-bond acceptors (Lipinski definition) is 4. The first-order chi connectivity index (χ1) is 14.3. The summed E-state index contributed by atoms with van der Waals surface area (Å²) in [5.74, 6) is -1.29. The topological polar surface area (TPSA) is 47.0 Å². The van der Waals surface area contributed by atoms with Crippen LogP contribution in [0.3, 0.4) is 0 Å². The van der Waals surface area contributed by atoms with Gasteiger partial charge in [-0.15, -0.1) is 11.3 Å². The maximum absolute atomic E-state index is 14.6. The zero-order valence-electron chi connectivity index (χ0n) is 15.6. The van der Waals surface area contributed by atoms with Gasteiger partial charge < -0.3 is 0 Å². The minimum absolute atomic E-state index is 0.0529. The van der Waals surface area contributed by atoms with E-state index in [-0.39, 0.29) is 16.2 Å². The summed E-state index contributed by atoms with van der Waals surface area (Å²) in [6, 6.07) is 16.5. The normalized spacial score (nSPS) is 11.6. The molecule has 0 aliphatic carbocycles. The van der Waals surface area contributed by atoms with E-state index in [1.807, 2.05) is 0 Å². The van der Waals surface area contributed by atoms with Crippen molar-refractivity contribution in [1.29, 1.82) is 0 Å². The molecule has 0 amide bonds. The van der Waals surface area contributed by atoms with Crippen LogP contribution in [0.15, 0.2) is 71.6 Å². The molecule has 30 heavy (non-hydrogen) atoms. The Bertz CT molecular complexity index is 1370. The maximum atomic E-state index is 14.6. The molecule has 3 aromatic carbocycles. The molecule has 0 aliphatic rings. The van der Waals surface area contributed by atoms with Crippen LogP contribution in [0, 0.1) is 11.6 Å². The average Bonchev–Trinajstić information content (AvgIpc) is 3.14. The second kappa shape index (κ2) is 7.91. The molecular weight excluding hydrogens is 448 g/mol. The van der Waals surface area contributed by atoms with E-state index in [0.29, 0.717) is 26.0 Å². The highest BCUT2D eigenvalue weighted by Gasteiger charge is 2.24. The SMILES string of the molecule is CS(=O)(=O)c1ccccc1-c1sc(-c2ccccc2Cl)nc1-c1cc(F)ccc1F. The van der Waals surface area contributed by atoms with Gasteiger partial charge in [0.15, 0.2) is 9.84 Å². The van der Waals surface area contributed by atoms with Gasteiger partial charge in [-0.05, 0) is 30.3 Å². The van der Waals surface area contributed by atoms with Gasteiger partial charge in [-0.25, -0.2) is 22.2 Å². The van der Waals surface area contributed by atoms with Crippen LogP contribution in [0.25, 0.3) is 32.3 Å². The van der Waals surface area contributed by atoms with Crippen LogP contribution in [0.5, 0.6) is 0 Å². The molecule has 0 N–H and O–H groups in total. The number of benzene rings is 3. The lowest BCUT2D eigenvalue weighted by molar-refractivity contribution is 0.602. The van der Waals surface area contributed by atoms with E-state index in [2.05, 4.69) is 4.98 Å². The lowest BCUT2D eigenvalue weighted by Crippen LogP contribution is -1.99. The minimum atomic E-state index is -3.58. The van der Waals surface area contributed by atoms with Crippen LogP contribution in [-0.2, 0) is 9.84 Å². The number of nitrogens with zero attached hydrogens (tertiary/aromatic N) is 1. The summed E-state index contributed by atoms with van der Waals surface area (Å²) < 4.78 is 53.3. The summed E-state index contributed by atoms with van der Waals surface area (Å²) in [7, 11) is -3.58. The Balaban J connectivity index is 2.06. The Morgan fingerprint density at radius 2 is 1.57 bits per heavy atom. The smallest absolute Gasteiger partial charge is 0.176 e. The molecule has 0 bridgehead atoms. The van der Waals surface area contributed by atoms with Crippen molar-refractivity contribution in [2.45, 2.75) is 4.90 Å². The second-order valence-electron chi connectivity index (χ2n) is 6.57. The summed E-state index contributed by atoms with van der Waals surface area (Å²) >= 11 is 7.48. The van der Waals surface area contributed by atoms with Crippen molar-refractivity contribution in [3.05, 3.63) is 83.4 Å². The zero-order chi connectivity index (χ0) is 21.5. The monoisotopic (exact) mass is 461 g/mol. The standard InChI is InChI=1S/C22H14ClF2NO2S2/c1-30(27,28)19-9-5-3-7-15(19)21-20(16-12-13(24)10-11-18(16)25)26-22(29-21)14-6-2-4-8-17(14)23/h2-12H,1H3. The van der Waals surface area contributed by atoms with Crippen LogP contribution in [-0.4, -0.2) is 19.7 Å². The van der Waals surface area contributed by atoms with Crippen molar-refractivity contribution in [2.75, 3.05) is 6.26 Å². The molecule has 1 aromatic heterocycles. The second-order valence-corrected chi connectivity index (χ2v) is 9.96. The van der Waals surface area contributed by atoms with Gasteiger partial charge in [0.2, 0.25) is 0 Å². The van der Waals surface area contributed by atoms with Gasteiger partial charge in [0.1, 0.15) is 16.6 Å². The first-order valence-electron chi connectivity index (χ1n) is 8.76. The van der Waals surface area contributed by atoms with E-state index in [1.54, 1.807) is 42.5 Å². The van der Waals surface area contributed by atoms with Crippen LogP contribution in [0.4, 0.5) is 8.78 Å². The summed E-state index contributed by atoms with van der Waals surface area (Å²) in [5, 5.41) is 0.915. The van der Waals surface area contributed by atoms with Crippen molar-refractivity contribution in [2.24, 2.45) is 0 Å². The largest absolute Gasteiger partial charge is 0.235 e. The van der Waals surface area contributed by atoms with Gasteiger partial charge in [0, 0.05) is 22.9 Å². The summed E-state index contributed by atoms with van der Waals surface area (Å²) in [5.41, 5.74) is 1.09. The number of hydrogen-bond donors (Lipinski definition) is 0. The first kappa shape index (κ1) is 20.7. The third-order valence-electron chi connectivity index (χ3n) is 4.45. The quantitative estimate of drug-likeness (QED) is 0.349. The zero-order valence-corrected chi connectivity index (χ0v) is 18.0. The predicted octanol–water partition coefficient (Wildman–Crippen LogP) is 6.48. The highest BCUT2D eigenvalue weighted by molar-refractivity contribution is 7.90. The lowest BCUT2D eigenvalue weighted by Gasteiger charge is -2.08. The molecule has 0 saturated heterocycles. The lowest BCUT2D eigenvalue weighted by atomic mass is 10.1. The Kier molecular flexibility index (Phi) is 5.44. The molecule has 0 spiro atoms. The van der Waals surface area contributed by atoms with E-state index < -0.39 is 21.5 Å². The van der Waals surface area contributed by atoms with Crippen LogP contribution in [0.2, 0.25) is 5.02 Å². The summed E-state index contributed by atoms with van der Waals surface area (Å²) in [4.78, 5) is 5.04. The van der Waals surface area contributed by atoms with Crippen LogP contribution >= 0.6 is 22.9 Å². The van der Waals surface area contributed by atoms with Crippen molar-refractivity contribution in [1.82, 2.24) is 4.98 Å². The van der Waals surface area contributed by atoms with E-state index in [4.69, 9.17) is 11.6 Å². The molecule has 8 heteroatoms. The van der Waals surface area contributed by atoms with Gasteiger partial charge in [0.05, 0.1) is 20.5 Å². The Labute approximate surface area is 181 Å². The van der Waals surface area contributed by atoms with Gasteiger partial charge in [0.25, 0.3) is 0 Å². The molecule has 3 nitrogen and oxygen atoms in total. The number of halogens is 3. The molecule has 0 radical (unpaired) electrons. The molecule has 0 unspecified atom stereocenters. The van der Waals surface area contributed by atoms with E-state index >= 15 is 0 Å². The first-order valence-corrected chi connectivity index (χ1v) is 11.8. The third kappa shape index (κ3) is 3.88. The average molecular weight is 462 g/mol. The molecular formula is C22H14ClF2NO2S2. The summed E-state index contributed by atoms with van der Waals surface area (Å²) in [6.07, 6.45) is 1.10. The molecule has 0 fully saturated rings. The maximum Gasteiger partial charge on any atom is 0.176 e. The Hall–Kier alpha value is -2.61. The van der Waals surface area contributed by atoms with E-state index in [9.17, 15) is 17.2 Å². The van der Waals surface area contributed by atoms with Crippen LogP contribution < -0.4 is 0 Å². The fourth-order valence-electron chi connectivity index (χ4n) is 3.09. The van der Waals surface area contributed by atoms with Gasteiger partial charge in [-0.2, -0.15) is 0 Å². The van der Waals surface area contributed by atoms with E-state index in [1.165, 1.54) is 17.4 Å². The number of aromatic nitrogens is 1. The highest BCUT2D eigenvalue weighted by atomic mass is 35.5. The minimum Gasteiger partial charge on any atom is -0.235 e. The molecule has 0 aliphatic heterocycles. The van der Waals surface area contributed by atoms with Crippen molar-refractivity contribution in [3.8, 4) is 32.3 Å². The third-order valence-corrected chi connectivity index (χ3v) is 7.05. The Morgan fingerprint density at radius 3 is 2.27 bits per heavy atom. The van der Waals surface area contributed by atoms with Crippen molar-refractivity contribution in [3.63, 3.8) is 0 Å². The summed E-state index contributed by atoms with van der Waals surface area (Å²) in [6.45, 7) is 0. The predicted molar refractivity (Wildman–Crippen MR) is 116 cm³/mol. The Morgan fingerprint density at radius 1 is 0.900 bits per heavy atom. The van der Waals surface area contributed by atoms with Gasteiger partial charge in [-0.3, -0.25) is 0 Å². The molecule has 4 rings (SSSR count). The fourth-order valence-corrected chi connectivity index (χ4v) is 5.49. The molecule has 152 valence electrons. The van der Waals surface area contributed by atoms with Crippen LogP contribution in [0.1, 0.15) is 0 Å². The number of thiazole rings is 1. The molecule has 0 atom stereocenters. The fraction of sp³-hybridized carbons (Fsp3) is 0.0455. The van der Waals surface area contributed by atoms with Gasteiger partial charge in [-0.1, -0.05) is 48.0 Å².